The first kappa shape index (κ1) is 18.4. The lowest BCUT2D eigenvalue weighted by molar-refractivity contribution is 0.464. The highest BCUT2D eigenvalue weighted by molar-refractivity contribution is 7.91. The second kappa shape index (κ2) is 8.68. The Kier molecular flexibility index (Phi) is 7.59. The molecule has 0 amide bonds. The summed E-state index contributed by atoms with van der Waals surface area (Å²) in [5.41, 5.74) is 0. The van der Waals surface area contributed by atoms with E-state index in [0.717, 1.165) is 30.7 Å². The van der Waals surface area contributed by atoms with Crippen molar-refractivity contribution in [2.24, 2.45) is 0 Å². The quantitative estimate of drug-likeness (QED) is 0.530. The molecule has 1 heterocycles. The maximum atomic E-state index is 12.4. The molecule has 1 N–H and O–H groups in total. The van der Waals surface area contributed by atoms with E-state index in [-0.39, 0.29) is 0 Å². The monoisotopic (exact) mass is 330 g/mol. The van der Waals surface area contributed by atoms with Crippen molar-refractivity contribution >= 4 is 21.4 Å². The summed E-state index contributed by atoms with van der Waals surface area (Å²) in [7, 11) is -1.71. The highest BCUT2D eigenvalue weighted by atomic mass is 32.2. The lowest BCUT2D eigenvalue weighted by Crippen LogP contribution is -2.27. The molecule has 0 spiro atoms. The third-order valence-corrected chi connectivity index (χ3v) is 6.58. The number of hydrogen-bond donors (Lipinski definition) is 1. The predicted octanol–water partition coefficient (Wildman–Crippen LogP) is 2.88. The first-order valence-corrected chi connectivity index (χ1v) is 9.53. The van der Waals surface area contributed by atoms with E-state index in [9.17, 15) is 8.42 Å². The van der Waals surface area contributed by atoms with Gasteiger partial charge < -0.3 is 5.32 Å². The molecule has 0 unspecified atom stereocenters. The van der Waals surface area contributed by atoms with Gasteiger partial charge in [0.25, 0.3) is 10.0 Å². The smallest absolute Gasteiger partial charge is 0.252 e. The van der Waals surface area contributed by atoms with Gasteiger partial charge >= 0.3 is 0 Å². The number of hydrogen-bond acceptors (Lipinski definition) is 4. The zero-order chi connectivity index (χ0) is 15.9. The molecule has 0 aliphatic rings. The Morgan fingerprint density at radius 2 is 2.14 bits per heavy atom. The molecule has 0 aromatic carbocycles. The second-order valence-electron chi connectivity index (χ2n) is 5.34. The Balaban J connectivity index is 2.62. The molecule has 21 heavy (non-hydrogen) atoms. The van der Waals surface area contributed by atoms with Gasteiger partial charge in [-0.3, -0.25) is 0 Å². The first-order chi connectivity index (χ1) is 9.87. The van der Waals surface area contributed by atoms with Gasteiger partial charge in [-0.15, -0.1) is 17.9 Å². The standard InChI is InChI=1S/C15H26N2O2S2/c1-5-6-7-12-17(4)21(18,19)15-9-8-14(20-15)10-11-16-13(2)3/h5,8-9,13,16H,1,6-7,10-12H2,2-4H3. The van der Waals surface area contributed by atoms with Crippen molar-refractivity contribution in [3.63, 3.8) is 0 Å². The van der Waals surface area contributed by atoms with Crippen LogP contribution in [-0.2, 0) is 16.4 Å². The van der Waals surface area contributed by atoms with Crippen molar-refractivity contribution in [3.05, 3.63) is 29.7 Å². The second-order valence-corrected chi connectivity index (χ2v) is 8.78. The minimum absolute atomic E-state index is 0.433. The van der Waals surface area contributed by atoms with Crippen molar-refractivity contribution in [2.45, 2.75) is 43.4 Å². The number of rotatable bonds is 10. The van der Waals surface area contributed by atoms with E-state index in [0.29, 0.717) is 16.8 Å². The molecular formula is C15H26N2O2S2. The van der Waals surface area contributed by atoms with E-state index in [1.165, 1.54) is 15.6 Å². The van der Waals surface area contributed by atoms with E-state index < -0.39 is 10.0 Å². The highest BCUT2D eigenvalue weighted by Gasteiger charge is 2.22. The Morgan fingerprint density at radius 1 is 1.43 bits per heavy atom. The molecule has 0 bridgehead atoms. The summed E-state index contributed by atoms with van der Waals surface area (Å²) >= 11 is 1.37. The molecule has 1 rings (SSSR count). The molecule has 1 aromatic heterocycles. The average molecular weight is 331 g/mol. The molecule has 0 saturated heterocycles. The topological polar surface area (TPSA) is 49.4 Å². The Hall–Kier alpha value is -0.690. The molecule has 0 fully saturated rings. The van der Waals surface area contributed by atoms with E-state index in [1.807, 2.05) is 12.1 Å². The molecule has 0 radical (unpaired) electrons. The van der Waals surface area contributed by atoms with Gasteiger partial charge in [0.1, 0.15) is 4.21 Å². The van der Waals surface area contributed by atoms with Crippen molar-refractivity contribution in [1.29, 1.82) is 0 Å². The summed E-state index contributed by atoms with van der Waals surface area (Å²) in [5, 5.41) is 3.34. The van der Waals surface area contributed by atoms with Gasteiger partial charge in [-0.25, -0.2) is 12.7 Å². The van der Waals surface area contributed by atoms with E-state index in [2.05, 4.69) is 25.7 Å². The number of nitrogens with one attached hydrogen (secondary N) is 1. The van der Waals surface area contributed by atoms with Gasteiger partial charge in [0.05, 0.1) is 0 Å². The van der Waals surface area contributed by atoms with Gasteiger partial charge in [0.2, 0.25) is 0 Å². The Labute approximate surface area is 132 Å². The minimum Gasteiger partial charge on any atom is -0.314 e. The summed E-state index contributed by atoms with van der Waals surface area (Å²) in [5.74, 6) is 0. The van der Waals surface area contributed by atoms with Crippen molar-refractivity contribution in [2.75, 3.05) is 20.1 Å². The molecule has 0 aliphatic carbocycles. The molecule has 0 aliphatic heterocycles. The third kappa shape index (κ3) is 5.90. The van der Waals surface area contributed by atoms with Crippen LogP contribution in [0.1, 0.15) is 31.6 Å². The van der Waals surface area contributed by atoms with Gasteiger partial charge in [-0.1, -0.05) is 19.9 Å². The SMILES string of the molecule is C=CCCCN(C)S(=O)(=O)c1ccc(CCNC(C)C)s1. The van der Waals surface area contributed by atoms with Crippen molar-refractivity contribution < 1.29 is 8.42 Å². The Bertz CT molecular complexity index is 536. The number of thiophene rings is 1. The highest BCUT2D eigenvalue weighted by Crippen LogP contribution is 2.24. The summed E-state index contributed by atoms with van der Waals surface area (Å²) in [6.45, 7) is 9.24. The largest absolute Gasteiger partial charge is 0.314 e. The van der Waals surface area contributed by atoms with E-state index >= 15 is 0 Å². The van der Waals surface area contributed by atoms with Crippen LogP contribution in [0.3, 0.4) is 0 Å². The van der Waals surface area contributed by atoms with E-state index in [4.69, 9.17) is 0 Å². The fraction of sp³-hybridized carbons (Fsp3) is 0.600. The van der Waals surface area contributed by atoms with Crippen LogP contribution in [0.15, 0.2) is 29.0 Å². The van der Waals surface area contributed by atoms with Crippen molar-refractivity contribution in [1.82, 2.24) is 9.62 Å². The van der Waals surface area contributed by atoms with Crippen LogP contribution < -0.4 is 5.32 Å². The fourth-order valence-electron chi connectivity index (χ4n) is 1.85. The van der Waals surface area contributed by atoms with Crippen LogP contribution >= 0.6 is 11.3 Å². The summed E-state index contributed by atoms with van der Waals surface area (Å²) in [4.78, 5) is 1.10. The van der Waals surface area contributed by atoms with Gasteiger partial charge in [-0.2, -0.15) is 0 Å². The predicted molar refractivity (Wildman–Crippen MR) is 90.4 cm³/mol. The maximum absolute atomic E-state index is 12.4. The van der Waals surface area contributed by atoms with Crippen LogP contribution in [0.25, 0.3) is 0 Å². The van der Waals surface area contributed by atoms with E-state index in [1.54, 1.807) is 13.1 Å². The number of sulfonamides is 1. The molecule has 120 valence electrons. The number of allylic oxidation sites excluding steroid dienone is 1. The van der Waals surface area contributed by atoms with Crippen LogP contribution in [-0.4, -0.2) is 38.9 Å². The lowest BCUT2D eigenvalue weighted by atomic mass is 10.3. The molecular weight excluding hydrogens is 304 g/mol. The van der Waals surface area contributed by atoms with Crippen LogP contribution in [0.4, 0.5) is 0 Å². The molecule has 0 saturated carbocycles. The number of unbranched alkanes of at least 4 members (excludes halogenated alkanes) is 1. The summed E-state index contributed by atoms with van der Waals surface area (Å²) < 4.78 is 26.7. The number of nitrogens with zero attached hydrogens (tertiary/aromatic N) is 1. The van der Waals surface area contributed by atoms with Crippen LogP contribution in [0.2, 0.25) is 0 Å². The molecule has 4 nitrogen and oxygen atoms in total. The Morgan fingerprint density at radius 3 is 2.76 bits per heavy atom. The first-order valence-electron chi connectivity index (χ1n) is 7.27. The van der Waals surface area contributed by atoms with Gasteiger partial charge in [0, 0.05) is 31.1 Å². The third-order valence-electron chi connectivity index (χ3n) is 3.11. The molecule has 6 heteroatoms. The van der Waals surface area contributed by atoms with Crippen LogP contribution in [0, 0.1) is 0 Å². The maximum Gasteiger partial charge on any atom is 0.252 e. The van der Waals surface area contributed by atoms with Crippen molar-refractivity contribution in [3.8, 4) is 0 Å². The van der Waals surface area contributed by atoms with Gasteiger partial charge in [-0.05, 0) is 31.4 Å². The normalized spacial score (nSPS) is 12.2. The fourth-order valence-corrected chi connectivity index (χ4v) is 4.62. The summed E-state index contributed by atoms with van der Waals surface area (Å²) in [6, 6.07) is 4.08. The van der Waals surface area contributed by atoms with Crippen LogP contribution in [0.5, 0.6) is 0 Å². The minimum atomic E-state index is -3.34. The summed E-state index contributed by atoms with van der Waals surface area (Å²) in [6.07, 6.45) is 4.30. The van der Waals surface area contributed by atoms with Gasteiger partial charge in [0.15, 0.2) is 0 Å². The average Bonchev–Trinajstić information content (AvgIpc) is 2.88. The zero-order valence-corrected chi connectivity index (χ0v) is 14.8. The molecule has 1 aromatic rings. The molecule has 0 atom stereocenters. The zero-order valence-electron chi connectivity index (χ0n) is 13.1. The lowest BCUT2D eigenvalue weighted by Gasteiger charge is -2.15.